The minimum absolute atomic E-state index is 0.0718. The molecule has 2 aliphatic rings. The van der Waals surface area contributed by atoms with Gasteiger partial charge in [-0.1, -0.05) is 31.5 Å². The van der Waals surface area contributed by atoms with Gasteiger partial charge in [0.2, 0.25) is 11.8 Å². The summed E-state index contributed by atoms with van der Waals surface area (Å²) < 4.78 is 12.2. The number of rotatable bonds is 7. The molecule has 2 amide bonds. The van der Waals surface area contributed by atoms with Gasteiger partial charge in [-0.3, -0.25) is 9.59 Å². The highest BCUT2D eigenvalue weighted by atomic mass is 35.5. The molecule has 0 saturated carbocycles. The largest absolute Gasteiger partial charge is 0.490 e. The van der Waals surface area contributed by atoms with Gasteiger partial charge in [-0.25, -0.2) is 0 Å². The Kier molecular flexibility index (Phi) is 8.00. The third-order valence-corrected chi connectivity index (χ3v) is 5.90. The standard InChI is InChI=1S/C23H33ClN2O4/c1-18(2)13-21(27)26-11-12-30-23(16-26,15-22(28)25-9-4-3-5-10-25)17-29-20-8-6-7-19(24)14-20/h6-8,14,18H,3-5,9-13,15-17H2,1-2H3. The van der Waals surface area contributed by atoms with Gasteiger partial charge in [0, 0.05) is 31.1 Å². The minimum Gasteiger partial charge on any atom is -0.490 e. The first kappa shape index (κ1) is 22.9. The molecule has 2 fully saturated rings. The number of morpholine rings is 1. The van der Waals surface area contributed by atoms with E-state index in [1.807, 2.05) is 35.8 Å². The lowest BCUT2D eigenvalue weighted by atomic mass is 9.95. The van der Waals surface area contributed by atoms with Crippen LogP contribution in [0.5, 0.6) is 5.75 Å². The lowest BCUT2D eigenvalue weighted by Crippen LogP contribution is -2.58. The van der Waals surface area contributed by atoms with Crippen LogP contribution in [0.4, 0.5) is 0 Å². The van der Waals surface area contributed by atoms with Crippen molar-refractivity contribution in [2.75, 3.05) is 39.4 Å². The highest BCUT2D eigenvalue weighted by Gasteiger charge is 2.42. The first-order valence-electron chi connectivity index (χ1n) is 10.9. The summed E-state index contributed by atoms with van der Waals surface area (Å²) in [5.41, 5.74) is -0.859. The number of nitrogens with zero attached hydrogens (tertiary/aromatic N) is 2. The lowest BCUT2D eigenvalue weighted by Gasteiger charge is -2.43. The second-order valence-electron chi connectivity index (χ2n) is 8.81. The van der Waals surface area contributed by atoms with Crippen molar-refractivity contribution in [1.29, 1.82) is 0 Å². The van der Waals surface area contributed by atoms with E-state index in [2.05, 4.69) is 0 Å². The van der Waals surface area contributed by atoms with E-state index in [0.717, 1.165) is 25.9 Å². The molecule has 2 saturated heterocycles. The third kappa shape index (κ3) is 6.35. The van der Waals surface area contributed by atoms with Crippen molar-refractivity contribution in [3.8, 4) is 5.75 Å². The summed E-state index contributed by atoms with van der Waals surface area (Å²) in [6.07, 6.45) is 3.94. The van der Waals surface area contributed by atoms with E-state index >= 15 is 0 Å². The highest BCUT2D eigenvalue weighted by molar-refractivity contribution is 6.30. The fourth-order valence-electron chi connectivity index (χ4n) is 4.08. The number of likely N-dealkylation sites (tertiary alicyclic amines) is 1. The summed E-state index contributed by atoms with van der Waals surface area (Å²) in [5.74, 6) is 1.09. The van der Waals surface area contributed by atoms with E-state index in [1.54, 1.807) is 12.1 Å². The molecule has 1 unspecified atom stereocenters. The Morgan fingerprint density at radius 1 is 1.13 bits per heavy atom. The van der Waals surface area contributed by atoms with Crippen LogP contribution in [0.3, 0.4) is 0 Å². The molecule has 166 valence electrons. The summed E-state index contributed by atoms with van der Waals surface area (Å²) in [6.45, 7) is 7.15. The Balaban J connectivity index is 1.74. The molecular formula is C23H33ClN2O4. The summed E-state index contributed by atoms with van der Waals surface area (Å²) in [5, 5.41) is 0.587. The minimum atomic E-state index is -0.859. The number of halogens is 1. The van der Waals surface area contributed by atoms with E-state index in [9.17, 15) is 9.59 Å². The SMILES string of the molecule is CC(C)CC(=O)N1CCOC(COc2cccc(Cl)c2)(CC(=O)N2CCCCC2)C1. The van der Waals surface area contributed by atoms with E-state index < -0.39 is 5.60 Å². The summed E-state index contributed by atoms with van der Waals surface area (Å²) in [6, 6.07) is 7.18. The van der Waals surface area contributed by atoms with E-state index in [4.69, 9.17) is 21.1 Å². The van der Waals surface area contributed by atoms with Gasteiger partial charge in [0.1, 0.15) is 18.0 Å². The molecule has 0 bridgehead atoms. The molecule has 2 aliphatic heterocycles. The van der Waals surface area contributed by atoms with Gasteiger partial charge in [0.15, 0.2) is 0 Å². The molecule has 1 aromatic rings. The van der Waals surface area contributed by atoms with Gasteiger partial charge < -0.3 is 19.3 Å². The number of benzene rings is 1. The first-order valence-corrected chi connectivity index (χ1v) is 11.3. The van der Waals surface area contributed by atoms with Crippen molar-refractivity contribution in [3.05, 3.63) is 29.3 Å². The van der Waals surface area contributed by atoms with Crippen LogP contribution in [0, 0.1) is 5.92 Å². The molecular weight excluding hydrogens is 404 g/mol. The predicted octanol–water partition coefficient (Wildman–Crippen LogP) is 3.77. The zero-order valence-electron chi connectivity index (χ0n) is 18.1. The Morgan fingerprint density at radius 2 is 1.90 bits per heavy atom. The second-order valence-corrected chi connectivity index (χ2v) is 9.25. The topological polar surface area (TPSA) is 59.1 Å². The monoisotopic (exact) mass is 436 g/mol. The van der Waals surface area contributed by atoms with Crippen molar-refractivity contribution in [2.24, 2.45) is 5.92 Å². The second kappa shape index (κ2) is 10.5. The lowest BCUT2D eigenvalue weighted by molar-refractivity contribution is -0.166. The average Bonchev–Trinajstić information content (AvgIpc) is 2.73. The maximum atomic E-state index is 13.1. The summed E-state index contributed by atoms with van der Waals surface area (Å²) in [4.78, 5) is 29.5. The van der Waals surface area contributed by atoms with Gasteiger partial charge in [0.05, 0.1) is 19.6 Å². The number of carbonyl (C=O) groups excluding carboxylic acids is 2. The quantitative estimate of drug-likeness (QED) is 0.652. The molecule has 0 aromatic heterocycles. The summed E-state index contributed by atoms with van der Waals surface area (Å²) >= 11 is 6.08. The van der Waals surface area contributed by atoms with Crippen molar-refractivity contribution < 1.29 is 19.1 Å². The number of piperidine rings is 1. The fraction of sp³-hybridized carbons (Fsp3) is 0.652. The van der Waals surface area contributed by atoms with E-state index in [1.165, 1.54) is 6.42 Å². The third-order valence-electron chi connectivity index (χ3n) is 5.66. The number of hydrogen-bond acceptors (Lipinski definition) is 4. The van der Waals surface area contributed by atoms with Gasteiger partial charge >= 0.3 is 0 Å². The molecule has 2 heterocycles. The van der Waals surface area contributed by atoms with Crippen molar-refractivity contribution in [1.82, 2.24) is 9.80 Å². The zero-order chi connectivity index (χ0) is 21.6. The molecule has 7 heteroatoms. The van der Waals surface area contributed by atoms with Gasteiger partial charge in [-0.05, 0) is 43.4 Å². The molecule has 1 atom stereocenters. The van der Waals surface area contributed by atoms with E-state index in [-0.39, 0.29) is 30.8 Å². The van der Waals surface area contributed by atoms with Crippen LogP contribution < -0.4 is 4.74 Å². The Morgan fingerprint density at radius 3 is 2.60 bits per heavy atom. The molecule has 0 radical (unpaired) electrons. The van der Waals surface area contributed by atoms with Gasteiger partial charge in [-0.15, -0.1) is 0 Å². The smallest absolute Gasteiger partial charge is 0.225 e. The summed E-state index contributed by atoms with van der Waals surface area (Å²) in [7, 11) is 0. The Bertz CT molecular complexity index is 736. The van der Waals surface area contributed by atoms with Gasteiger partial charge in [-0.2, -0.15) is 0 Å². The number of carbonyl (C=O) groups is 2. The van der Waals surface area contributed by atoms with Crippen LogP contribution >= 0.6 is 11.6 Å². The number of ether oxygens (including phenoxy) is 2. The van der Waals surface area contributed by atoms with Crippen molar-refractivity contribution in [2.45, 2.75) is 51.6 Å². The Labute approximate surface area is 184 Å². The van der Waals surface area contributed by atoms with Crippen molar-refractivity contribution >= 4 is 23.4 Å². The molecule has 3 rings (SSSR count). The zero-order valence-corrected chi connectivity index (χ0v) is 18.8. The van der Waals surface area contributed by atoms with Crippen LogP contribution in [0.15, 0.2) is 24.3 Å². The molecule has 1 aromatic carbocycles. The van der Waals surface area contributed by atoms with Crippen LogP contribution in [-0.2, 0) is 14.3 Å². The molecule has 30 heavy (non-hydrogen) atoms. The molecule has 0 N–H and O–H groups in total. The molecule has 0 spiro atoms. The van der Waals surface area contributed by atoms with Gasteiger partial charge in [0.25, 0.3) is 0 Å². The number of hydrogen-bond donors (Lipinski definition) is 0. The predicted molar refractivity (Wildman–Crippen MR) is 117 cm³/mol. The number of amides is 2. The molecule has 0 aliphatic carbocycles. The van der Waals surface area contributed by atoms with Crippen LogP contribution in [-0.4, -0.2) is 66.6 Å². The average molecular weight is 437 g/mol. The first-order chi connectivity index (χ1) is 14.4. The van der Waals surface area contributed by atoms with Crippen LogP contribution in [0.25, 0.3) is 0 Å². The molecule has 6 nitrogen and oxygen atoms in total. The normalized spacial score (nSPS) is 22.3. The fourth-order valence-corrected chi connectivity index (χ4v) is 4.26. The van der Waals surface area contributed by atoms with E-state index in [0.29, 0.717) is 36.9 Å². The van der Waals surface area contributed by atoms with Crippen LogP contribution in [0.1, 0.15) is 46.0 Å². The van der Waals surface area contributed by atoms with Crippen molar-refractivity contribution in [3.63, 3.8) is 0 Å². The maximum absolute atomic E-state index is 13.1. The highest BCUT2D eigenvalue weighted by Crippen LogP contribution is 2.27. The Hall–Kier alpha value is -1.79. The van der Waals surface area contributed by atoms with Crippen LogP contribution in [0.2, 0.25) is 5.02 Å². The maximum Gasteiger partial charge on any atom is 0.225 e.